The average molecular weight is 207 g/mol. The Hall–Kier alpha value is -0.430. The summed E-state index contributed by atoms with van der Waals surface area (Å²) in [5, 5.41) is 18.2. The van der Waals surface area contributed by atoms with E-state index in [1.165, 1.54) is 0 Å². The quantitative estimate of drug-likeness (QED) is 0.491. The lowest BCUT2D eigenvalue weighted by molar-refractivity contribution is -0.0171. The Morgan fingerprint density at radius 2 is 2.31 bits per heavy atom. The predicted molar refractivity (Wildman–Crippen MR) is 49.1 cm³/mol. The molecule has 0 bridgehead atoms. The van der Waals surface area contributed by atoms with E-state index in [1.54, 1.807) is 6.92 Å². The minimum atomic E-state index is -0.888. The van der Waals surface area contributed by atoms with E-state index in [0.29, 0.717) is 0 Å². The molecule has 5 nitrogen and oxygen atoms in total. The minimum Gasteiger partial charge on any atom is -0.462 e. The van der Waals surface area contributed by atoms with Crippen LogP contribution in [0.15, 0.2) is 0 Å². The van der Waals surface area contributed by atoms with Gasteiger partial charge in [-0.05, 0) is 19.1 Å². The molecular formula is C7H13NO4S. The molecule has 1 heterocycles. The highest BCUT2D eigenvalue weighted by atomic mass is 32.1. The molecule has 13 heavy (non-hydrogen) atoms. The van der Waals surface area contributed by atoms with E-state index < -0.39 is 18.3 Å². The molecule has 0 saturated carbocycles. The van der Waals surface area contributed by atoms with E-state index in [9.17, 15) is 5.11 Å². The Morgan fingerprint density at radius 1 is 1.69 bits per heavy atom. The van der Waals surface area contributed by atoms with Gasteiger partial charge in [0.05, 0.1) is 12.7 Å². The average Bonchev–Trinajstić information content (AvgIpc) is 2.31. The SMILES string of the molecule is CC1OC(CO)C(O)C1OC(N)=S. The molecule has 0 aromatic carbocycles. The van der Waals surface area contributed by atoms with E-state index in [0.717, 1.165) is 0 Å². The first-order valence-electron chi connectivity index (χ1n) is 3.96. The van der Waals surface area contributed by atoms with Crippen molar-refractivity contribution in [1.82, 2.24) is 0 Å². The van der Waals surface area contributed by atoms with E-state index in [4.69, 9.17) is 20.3 Å². The van der Waals surface area contributed by atoms with Crippen LogP contribution in [0.2, 0.25) is 0 Å². The van der Waals surface area contributed by atoms with Crippen LogP contribution in [-0.4, -0.2) is 46.4 Å². The van der Waals surface area contributed by atoms with Crippen molar-refractivity contribution in [2.45, 2.75) is 31.3 Å². The van der Waals surface area contributed by atoms with Crippen LogP contribution >= 0.6 is 12.2 Å². The topological polar surface area (TPSA) is 84.9 Å². The molecule has 0 aliphatic carbocycles. The maximum absolute atomic E-state index is 9.54. The fraction of sp³-hybridized carbons (Fsp3) is 0.857. The van der Waals surface area contributed by atoms with Crippen molar-refractivity contribution in [2.75, 3.05) is 6.61 Å². The van der Waals surface area contributed by atoms with Crippen LogP contribution in [0.25, 0.3) is 0 Å². The molecule has 1 aliphatic heterocycles. The third-order valence-corrected chi connectivity index (χ3v) is 2.10. The van der Waals surface area contributed by atoms with Crippen molar-refractivity contribution in [1.29, 1.82) is 0 Å². The number of ether oxygens (including phenoxy) is 2. The van der Waals surface area contributed by atoms with Crippen LogP contribution < -0.4 is 5.73 Å². The molecular weight excluding hydrogens is 194 g/mol. The molecule has 4 atom stereocenters. The Morgan fingerprint density at radius 3 is 2.69 bits per heavy atom. The van der Waals surface area contributed by atoms with Crippen LogP contribution in [0.3, 0.4) is 0 Å². The van der Waals surface area contributed by atoms with Gasteiger partial charge in [0.15, 0.2) is 6.10 Å². The summed E-state index contributed by atoms with van der Waals surface area (Å²) in [5.74, 6) is 0. The highest BCUT2D eigenvalue weighted by Gasteiger charge is 2.42. The highest BCUT2D eigenvalue weighted by molar-refractivity contribution is 7.80. The first-order chi connectivity index (χ1) is 6.06. The van der Waals surface area contributed by atoms with Gasteiger partial charge in [0.2, 0.25) is 0 Å². The zero-order chi connectivity index (χ0) is 10.0. The van der Waals surface area contributed by atoms with Gasteiger partial charge in [-0.2, -0.15) is 0 Å². The van der Waals surface area contributed by atoms with Crippen LogP contribution in [-0.2, 0) is 9.47 Å². The second-order valence-corrected chi connectivity index (χ2v) is 3.36. The fourth-order valence-corrected chi connectivity index (χ4v) is 1.48. The van der Waals surface area contributed by atoms with E-state index in [-0.39, 0.29) is 17.9 Å². The van der Waals surface area contributed by atoms with Gasteiger partial charge < -0.3 is 25.4 Å². The summed E-state index contributed by atoms with van der Waals surface area (Å²) in [4.78, 5) is 0. The Balaban J connectivity index is 2.58. The Bertz CT molecular complexity index is 201. The van der Waals surface area contributed by atoms with Gasteiger partial charge in [0.25, 0.3) is 5.17 Å². The molecule has 6 heteroatoms. The lowest BCUT2D eigenvalue weighted by atomic mass is 10.1. The summed E-state index contributed by atoms with van der Waals surface area (Å²) in [5.41, 5.74) is 5.16. The van der Waals surface area contributed by atoms with Gasteiger partial charge in [-0.1, -0.05) is 0 Å². The summed E-state index contributed by atoms with van der Waals surface area (Å²) in [7, 11) is 0. The second-order valence-electron chi connectivity index (χ2n) is 2.95. The molecule has 0 aromatic rings. The van der Waals surface area contributed by atoms with Gasteiger partial charge in [0.1, 0.15) is 12.2 Å². The normalized spacial score (nSPS) is 39.0. The second kappa shape index (κ2) is 4.19. The zero-order valence-electron chi connectivity index (χ0n) is 7.21. The first kappa shape index (κ1) is 10.6. The number of thiocarbonyl (C=S) groups is 1. The van der Waals surface area contributed by atoms with Crippen LogP contribution in [0.4, 0.5) is 0 Å². The minimum absolute atomic E-state index is 0.127. The maximum Gasteiger partial charge on any atom is 0.254 e. The van der Waals surface area contributed by atoms with Crippen molar-refractivity contribution in [3.63, 3.8) is 0 Å². The zero-order valence-corrected chi connectivity index (χ0v) is 8.03. The van der Waals surface area contributed by atoms with E-state index in [2.05, 4.69) is 12.2 Å². The largest absolute Gasteiger partial charge is 0.462 e. The standard InChI is InChI=1S/C7H13NO4S/c1-3-6(12-7(8)13)5(10)4(2-9)11-3/h3-6,9-10H,2H2,1H3,(H2,8,13). The molecule has 1 aliphatic rings. The molecule has 0 amide bonds. The molecule has 1 rings (SSSR count). The molecule has 1 saturated heterocycles. The Labute approximate surface area is 81.4 Å². The monoisotopic (exact) mass is 207 g/mol. The van der Waals surface area contributed by atoms with Crippen molar-refractivity contribution in [2.24, 2.45) is 5.73 Å². The number of aliphatic hydroxyl groups is 2. The maximum atomic E-state index is 9.54. The molecule has 76 valence electrons. The summed E-state index contributed by atoms with van der Waals surface area (Å²) < 4.78 is 10.2. The van der Waals surface area contributed by atoms with Crippen LogP contribution in [0.1, 0.15) is 6.92 Å². The number of nitrogens with two attached hydrogens (primary N) is 1. The summed E-state index contributed by atoms with van der Waals surface area (Å²) >= 11 is 4.54. The summed E-state index contributed by atoms with van der Waals surface area (Å²) in [6, 6.07) is 0. The van der Waals surface area contributed by atoms with E-state index >= 15 is 0 Å². The lowest BCUT2D eigenvalue weighted by Gasteiger charge is -2.18. The Kier molecular flexibility index (Phi) is 3.43. The van der Waals surface area contributed by atoms with Crippen molar-refractivity contribution in [3.05, 3.63) is 0 Å². The predicted octanol–water partition coefficient (Wildman–Crippen LogP) is -1.24. The van der Waals surface area contributed by atoms with Gasteiger partial charge in [-0.25, -0.2) is 0 Å². The summed E-state index contributed by atoms with van der Waals surface area (Å²) in [6.07, 6.45) is -2.42. The van der Waals surface area contributed by atoms with E-state index in [1.807, 2.05) is 0 Å². The lowest BCUT2D eigenvalue weighted by Crippen LogP contribution is -2.38. The highest BCUT2D eigenvalue weighted by Crippen LogP contribution is 2.23. The van der Waals surface area contributed by atoms with Crippen molar-refractivity contribution >= 4 is 17.4 Å². The van der Waals surface area contributed by atoms with Crippen molar-refractivity contribution in [3.8, 4) is 0 Å². The number of hydrogen-bond acceptors (Lipinski definition) is 5. The molecule has 0 aromatic heterocycles. The number of aliphatic hydroxyl groups excluding tert-OH is 2. The number of hydrogen-bond donors (Lipinski definition) is 3. The fourth-order valence-electron chi connectivity index (χ4n) is 1.37. The van der Waals surface area contributed by atoms with Crippen LogP contribution in [0.5, 0.6) is 0 Å². The molecule has 4 N–H and O–H groups in total. The smallest absolute Gasteiger partial charge is 0.254 e. The summed E-state index contributed by atoms with van der Waals surface area (Å²) in [6.45, 7) is 1.48. The number of rotatable bonds is 2. The third-order valence-electron chi connectivity index (χ3n) is 2.00. The van der Waals surface area contributed by atoms with Crippen molar-refractivity contribution < 1.29 is 19.7 Å². The third kappa shape index (κ3) is 2.28. The molecule has 4 unspecified atom stereocenters. The van der Waals surface area contributed by atoms with Gasteiger partial charge >= 0.3 is 0 Å². The molecule has 0 spiro atoms. The first-order valence-corrected chi connectivity index (χ1v) is 4.37. The van der Waals surface area contributed by atoms with Gasteiger partial charge in [-0.15, -0.1) is 0 Å². The van der Waals surface area contributed by atoms with Crippen LogP contribution in [0, 0.1) is 0 Å². The molecule has 1 fully saturated rings. The molecule has 0 radical (unpaired) electrons. The van der Waals surface area contributed by atoms with Gasteiger partial charge in [-0.3, -0.25) is 0 Å². The van der Waals surface area contributed by atoms with Gasteiger partial charge in [0, 0.05) is 0 Å².